The van der Waals surface area contributed by atoms with Gasteiger partial charge in [-0.25, -0.2) is 9.13 Å². The summed E-state index contributed by atoms with van der Waals surface area (Å²) >= 11 is 0. The number of phosphoric ester groups is 2. The van der Waals surface area contributed by atoms with Gasteiger partial charge in [-0.1, -0.05) is 140 Å². The highest BCUT2D eigenvalue weighted by molar-refractivity contribution is 7.48. The van der Waals surface area contributed by atoms with Gasteiger partial charge in [0.25, 0.3) is 0 Å². The Labute approximate surface area is 383 Å². The number of phosphoric acid groups is 2. The fraction of sp³-hybridized carbons (Fsp3) is 0.833. The number of ether oxygens (including phenoxy) is 3. The Balaban J connectivity index is 1.98. The van der Waals surface area contributed by atoms with Crippen LogP contribution in [0.3, 0.4) is 0 Å². The summed E-state index contributed by atoms with van der Waals surface area (Å²) in [5, 5.41) is 0. The molecule has 2 heterocycles. The Morgan fingerprint density at radius 3 is 1.37 bits per heavy atom. The van der Waals surface area contributed by atoms with Crippen LogP contribution in [0.4, 0.5) is 0 Å². The van der Waals surface area contributed by atoms with E-state index < -0.39 is 45.8 Å². The molecule has 2 unspecified atom stereocenters. The van der Waals surface area contributed by atoms with E-state index in [0.717, 1.165) is 64.2 Å². The summed E-state index contributed by atoms with van der Waals surface area (Å²) in [6, 6.07) is 0. The Morgan fingerprint density at radius 2 is 0.937 bits per heavy atom. The monoisotopic (exact) mass is 933 g/mol. The Kier molecular flexibility index (Phi) is 34.1. The van der Waals surface area contributed by atoms with E-state index in [1.807, 2.05) is 0 Å². The molecule has 15 heteroatoms. The molecule has 13 nitrogen and oxygen atoms in total. The number of unbranched alkanes of at least 4 members (excludes halogenated alkanes) is 18. The lowest BCUT2D eigenvalue weighted by molar-refractivity contribution is -0.221. The molecule has 2 aliphatic heterocycles. The number of hydrogen-bond donors (Lipinski definition) is 3. The first-order valence-corrected chi connectivity index (χ1v) is 27.7. The molecule has 0 radical (unpaired) electrons. The Hall–Kier alpha value is -1.02. The van der Waals surface area contributed by atoms with Crippen LogP contribution in [0.1, 0.15) is 181 Å². The van der Waals surface area contributed by atoms with E-state index >= 15 is 0 Å². The molecule has 0 spiro atoms. The second-order valence-electron chi connectivity index (χ2n) is 16.9. The molecule has 6 atom stereocenters. The van der Waals surface area contributed by atoms with E-state index in [0.29, 0.717) is 12.8 Å². The predicted molar refractivity (Wildman–Crippen MR) is 255 cm³/mol. The number of fused-ring (bicyclic) bond motifs is 1. The molecule has 5 N–H and O–H groups in total. The fourth-order valence-electron chi connectivity index (χ4n) is 7.85. The second-order valence-corrected chi connectivity index (χ2v) is 20.1. The SMILES string of the molecule is CCCCC/C=C\C/C=C\CCCCCCCCC1(CCCCCCCC/C=C\C/C=C\CCCCC)O[C@H]2[C@H](O1)[C@@H](COP(=O)(O)OCCN)O[C@H]2COP(=O)(OC)OCCN. The van der Waals surface area contributed by atoms with Crippen molar-refractivity contribution in [1.29, 1.82) is 0 Å². The first-order valence-electron chi connectivity index (χ1n) is 24.7. The largest absolute Gasteiger partial charge is 0.474 e. The number of hydrogen-bond acceptors (Lipinski definition) is 12. The standard InChI is InChI=1S/C48H90N2O11P2/c1-4-6-8-10-12-14-16-18-20-22-24-26-28-30-32-34-36-48(37-35-33-31-29-27-25-23-21-19-17-15-13-11-9-7-5-2)60-46-44(42-57-62(51,52)55-40-38-49)59-45(47(46)61-48)43-58-63(53,54-3)56-41-39-50/h12-15,18-21,44-47H,4-11,16-17,22-43,49-50H2,1-3H3,(H,51,52)/b14-12-,15-13-,20-18-,21-19-/t44-,45+,46-,47-,63?/m1/s1. The van der Waals surface area contributed by atoms with Crippen LogP contribution in [0, 0.1) is 0 Å². The van der Waals surface area contributed by atoms with Crippen LogP contribution in [-0.4, -0.2) is 81.7 Å². The van der Waals surface area contributed by atoms with Crippen molar-refractivity contribution in [1.82, 2.24) is 0 Å². The highest BCUT2D eigenvalue weighted by atomic mass is 31.2. The fourth-order valence-corrected chi connectivity index (χ4v) is 9.54. The highest BCUT2D eigenvalue weighted by Gasteiger charge is 2.58. The lowest BCUT2D eigenvalue weighted by Crippen LogP contribution is -2.37. The molecule has 0 aliphatic carbocycles. The van der Waals surface area contributed by atoms with Crippen molar-refractivity contribution in [3.63, 3.8) is 0 Å². The number of rotatable bonds is 43. The molecule has 2 aliphatic rings. The zero-order valence-electron chi connectivity index (χ0n) is 39.6. The molecule has 2 rings (SSSR count). The van der Waals surface area contributed by atoms with Crippen LogP contribution < -0.4 is 11.5 Å². The topological polar surface area (TPSA) is 180 Å². The molecule has 0 saturated carbocycles. The molecule has 0 amide bonds. The van der Waals surface area contributed by atoms with Crippen molar-refractivity contribution in [2.75, 3.05) is 46.6 Å². The lowest BCUT2D eigenvalue weighted by atomic mass is 9.98. The average molecular weight is 933 g/mol. The van der Waals surface area contributed by atoms with Crippen molar-refractivity contribution in [2.24, 2.45) is 11.5 Å². The van der Waals surface area contributed by atoms with Crippen molar-refractivity contribution in [3.05, 3.63) is 48.6 Å². The molecular weight excluding hydrogens is 842 g/mol. The van der Waals surface area contributed by atoms with E-state index in [1.165, 1.54) is 97.0 Å². The summed E-state index contributed by atoms with van der Waals surface area (Å²) in [4.78, 5) is 10.3. The molecule has 2 fully saturated rings. The third-order valence-electron chi connectivity index (χ3n) is 11.4. The quantitative estimate of drug-likeness (QED) is 0.0299. The molecule has 0 bridgehead atoms. The minimum absolute atomic E-state index is 0.0151. The average Bonchev–Trinajstić information content (AvgIpc) is 3.81. The maximum Gasteiger partial charge on any atom is 0.474 e. The molecule has 0 aromatic carbocycles. The zero-order valence-corrected chi connectivity index (χ0v) is 41.4. The van der Waals surface area contributed by atoms with Gasteiger partial charge in [0.05, 0.1) is 26.4 Å². The van der Waals surface area contributed by atoms with Crippen LogP contribution in [0.5, 0.6) is 0 Å². The predicted octanol–water partition coefficient (Wildman–Crippen LogP) is 12.5. The second kappa shape index (κ2) is 37.0. The molecule has 2 saturated heterocycles. The van der Waals surface area contributed by atoms with Gasteiger partial charge in [0, 0.05) is 33.0 Å². The normalized spacial score (nSPS) is 22.0. The van der Waals surface area contributed by atoms with E-state index in [-0.39, 0.29) is 39.5 Å². The van der Waals surface area contributed by atoms with Crippen LogP contribution in [0.2, 0.25) is 0 Å². The van der Waals surface area contributed by atoms with Gasteiger partial charge in [-0.15, -0.1) is 0 Å². The molecule has 63 heavy (non-hydrogen) atoms. The number of allylic oxidation sites excluding steroid dienone is 8. The lowest BCUT2D eigenvalue weighted by Gasteiger charge is -2.32. The smallest absolute Gasteiger partial charge is 0.364 e. The van der Waals surface area contributed by atoms with Crippen molar-refractivity contribution >= 4 is 15.6 Å². The maximum atomic E-state index is 13.1. The minimum atomic E-state index is -4.40. The van der Waals surface area contributed by atoms with E-state index in [2.05, 4.69) is 62.5 Å². The van der Waals surface area contributed by atoms with E-state index in [1.54, 1.807) is 0 Å². The third-order valence-corrected chi connectivity index (χ3v) is 13.8. The van der Waals surface area contributed by atoms with Crippen LogP contribution in [-0.2, 0) is 46.0 Å². The van der Waals surface area contributed by atoms with Gasteiger partial charge in [0.15, 0.2) is 5.79 Å². The molecular formula is C48H90N2O11P2. The van der Waals surface area contributed by atoms with E-state index in [9.17, 15) is 14.0 Å². The van der Waals surface area contributed by atoms with E-state index in [4.69, 9.17) is 48.3 Å². The summed E-state index contributed by atoms with van der Waals surface area (Å²) in [5.74, 6) is -0.875. The Bertz CT molecular complexity index is 1280. The maximum absolute atomic E-state index is 13.1. The first-order chi connectivity index (χ1) is 30.7. The van der Waals surface area contributed by atoms with Crippen LogP contribution in [0.25, 0.3) is 0 Å². The minimum Gasteiger partial charge on any atom is -0.364 e. The summed E-state index contributed by atoms with van der Waals surface area (Å²) in [6.45, 7) is 4.04. The zero-order chi connectivity index (χ0) is 45.8. The van der Waals surface area contributed by atoms with Crippen molar-refractivity contribution in [2.45, 2.75) is 211 Å². The number of nitrogens with two attached hydrogens (primary N) is 2. The third kappa shape index (κ3) is 27.4. The molecule has 0 aromatic heterocycles. The first kappa shape index (κ1) is 58.1. The molecule has 0 aromatic rings. The van der Waals surface area contributed by atoms with Crippen LogP contribution >= 0.6 is 15.6 Å². The van der Waals surface area contributed by atoms with Gasteiger partial charge in [-0.2, -0.15) is 0 Å². The Morgan fingerprint density at radius 1 is 0.540 bits per heavy atom. The summed E-state index contributed by atoms with van der Waals surface area (Å²) in [6.07, 6.45) is 44.8. The van der Waals surface area contributed by atoms with Gasteiger partial charge in [-0.05, 0) is 77.0 Å². The van der Waals surface area contributed by atoms with Crippen molar-refractivity contribution in [3.8, 4) is 0 Å². The highest BCUT2D eigenvalue weighted by Crippen LogP contribution is 2.51. The summed E-state index contributed by atoms with van der Waals surface area (Å²) in [7, 11) is -7.08. The summed E-state index contributed by atoms with van der Waals surface area (Å²) < 4.78 is 72.0. The van der Waals surface area contributed by atoms with Gasteiger partial charge >= 0.3 is 15.6 Å². The van der Waals surface area contributed by atoms with Crippen LogP contribution in [0.15, 0.2) is 48.6 Å². The van der Waals surface area contributed by atoms with Gasteiger partial charge in [0.1, 0.15) is 24.4 Å². The van der Waals surface area contributed by atoms with Gasteiger partial charge in [-0.3, -0.25) is 22.6 Å². The van der Waals surface area contributed by atoms with Gasteiger partial charge in [0.2, 0.25) is 0 Å². The van der Waals surface area contributed by atoms with Gasteiger partial charge < -0.3 is 30.6 Å². The molecule has 368 valence electrons. The van der Waals surface area contributed by atoms with Crippen molar-refractivity contribution < 1.29 is 50.9 Å². The summed E-state index contributed by atoms with van der Waals surface area (Å²) in [5.41, 5.74) is 11.0.